The molecule has 0 aromatic heterocycles. The van der Waals surface area contributed by atoms with Gasteiger partial charge in [0.2, 0.25) is 0 Å². The molecule has 0 unspecified atom stereocenters. The maximum atomic E-state index is 13.1. The molecule has 0 saturated heterocycles. The number of rotatable bonds is 4. The second-order valence-electron chi connectivity index (χ2n) is 3.19. The van der Waals surface area contributed by atoms with E-state index >= 15 is 0 Å². The first-order valence-electron chi connectivity index (χ1n) is 4.03. The van der Waals surface area contributed by atoms with Crippen molar-refractivity contribution >= 4 is 11.6 Å². The molecule has 0 rings (SSSR count). The summed E-state index contributed by atoms with van der Waals surface area (Å²) in [5.41, 5.74) is 0. The highest BCUT2D eigenvalue weighted by molar-refractivity contribution is 6.30. The molecule has 1 nitrogen and oxygen atoms in total. The van der Waals surface area contributed by atoms with Crippen LogP contribution in [0.15, 0.2) is 11.6 Å². The maximum Gasteiger partial charge on any atom is 0.462 e. The first kappa shape index (κ1) is 19.2. The molecule has 13 heteroatoms. The molecule has 0 N–H and O–H groups in total. The summed E-state index contributed by atoms with van der Waals surface area (Å²) >= 11 is 4.37. The molecule has 120 valence electrons. The van der Waals surface area contributed by atoms with E-state index in [9.17, 15) is 48.3 Å². The van der Waals surface area contributed by atoms with Gasteiger partial charge in [-0.25, -0.2) is 0 Å². The average molecular weight is 347 g/mol. The topological polar surface area (TPSA) is 9.23 Å². The van der Waals surface area contributed by atoms with Crippen LogP contribution in [-0.2, 0) is 4.74 Å². The summed E-state index contributed by atoms with van der Waals surface area (Å²) in [5.74, 6) is -12.9. The van der Waals surface area contributed by atoms with Crippen LogP contribution in [0.4, 0.5) is 48.3 Å². The van der Waals surface area contributed by atoms with Gasteiger partial charge in [-0.2, -0.15) is 48.3 Å². The fraction of sp³-hybridized carbons (Fsp3) is 0.714. The van der Waals surface area contributed by atoms with Crippen LogP contribution in [0.1, 0.15) is 0 Å². The smallest absolute Gasteiger partial charge is 0.265 e. The van der Waals surface area contributed by atoms with Crippen LogP contribution in [-0.4, -0.2) is 30.2 Å². The second-order valence-corrected chi connectivity index (χ2v) is 3.65. The van der Waals surface area contributed by atoms with Gasteiger partial charge in [-0.15, -0.1) is 0 Å². The van der Waals surface area contributed by atoms with E-state index < -0.39 is 35.3 Å². The lowest BCUT2D eigenvalue weighted by molar-refractivity contribution is -0.474. The molecule has 0 aromatic rings. The monoisotopic (exact) mass is 346 g/mol. The largest absolute Gasteiger partial charge is 0.462 e. The van der Waals surface area contributed by atoms with Crippen molar-refractivity contribution in [2.75, 3.05) is 0 Å². The zero-order valence-corrected chi connectivity index (χ0v) is 9.41. The molecule has 0 aromatic carbocycles. The van der Waals surface area contributed by atoms with Crippen LogP contribution in [0.2, 0.25) is 0 Å². The van der Waals surface area contributed by atoms with E-state index in [0.717, 1.165) is 0 Å². The molecule has 0 radical (unpaired) electrons. The Bertz CT molecular complexity index is 383. The van der Waals surface area contributed by atoms with Crippen LogP contribution < -0.4 is 0 Å². The highest BCUT2D eigenvalue weighted by atomic mass is 35.5. The van der Waals surface area contributed by atoms with E-state index in [2.05, 4.69) is 11.6 Å². The zero-order valence-electron chi connectivity index (χ0n) is 8.65. The minimum atomic E-state index is -7.10. The van der Waals surface area contributed by atoms with Crippen molar-refractivity contribution in [2.24, 2.45) is 0 Å². The third-order valence-electron chi connectivity index (χ3n) is 1.70. The Kier molecular flexibility index (Phi) is 4.70. The summed E-state index contributed by atoms with van der Waals surface area (Å²) in [4.78, 5) is 0. The van der Waals surface area contributed by atoms with Gasteiger partial charge in [0.1, 0.15) is 0 Å². The zero-order chi connectivity index (χ0) is 16.8. The molecule has 0 fully saturated rings. The van der Waals surface area contributed by atoms with Crippen LogP contribution >= 0.6 is 11.6 Å². The highest BCUT2D eigenvalue weighted by Gasteiger charge is 2.78. The molecule has 20 heavy (non-hydrogen) atoms. The second kappa shape index (κ2) is 4.90. The summed E-state index contributed by atoms with van der Waals surface area (Å²) in [6.07, 6.45) is -20.4. The van der Waals surface area contributed by atoms with Crippen LogP contribution in [0.3, 0.4) is 0 Å². The number of ether oxygens (including phenoxy) is 1. The lowest BCUT2D eigenvalue weighted by Gasteiger charge is -2.34. The maximum absolute atomic E-state index is 13.1. The van der Waals surface area contributed by atoms with Crippen molar-refractivity contribution in [3.05, 3.63) is 11.6 Å². The number of halogens is 12. The van der Waals surface area contributed by atoms with Crippen molar-refractivity contribution in [1.82, 2.24) is 0 Å². The van der Waals surface area contributed by atoms with Crippen LogP contribution in [0.25, 0.3) is 0 Å². The fourth-order valence-corrected chi connectivity index (χ4v) is 0.818. The minimum Gasteiger partial charge on any atom is -0.265 e. The van der Waals surface area contributed by atoms with Gasteiger partial charge in [-0.05, 0) is 0 Å². The van der Waals surface area contributed by atoms with E-state index in [1.807, 2.05) is 11.3 Å². The first-order chi connectivity index (χ1) is 8.40. The molecular weight excluding hydrogens is 345 g/mol. The normalized spacial score (nSPS) is 17.8. The third kappa shape index (κ3) is 3.10. The standard InChI is InChI=1S/C7H2ClF11O/c1-2(8)3(9,5(12,13)14)20-7(18,19)4(10,11)6(15,16)17/h1H2/t3-/m0/s1. The molecule has 0 heterocycles. The van der Waals surface area contributed by atoms with Crippen molar-refractivity contribution < 1.29 is 53.0 Å². The number of alkyl halides is 11. The van der Waals surface area contributed by atoms with Gasteiger partial charge in [0.05, 0.1) is 5.03 Å². The Labute approximate surface area is 107 Å². The summed E-state index contributed by atoms with van der Waals surface area (Å²) in [7, 11) is 0. The number of hydrogen-bond acceptors (Lipinski definition) is 1. The Morgan fingerprint density at radius 2 is 1.10 bits per heavy atom. The van der Waals surface area contributed by atoms with Gasteiger partial charge >= 0.3 is 30.2 Å². The van der Waals surface area contributed by atoms with Crippen molar-refractivity contribution in [2.45, 2.75) is 30.2 Å². The Morgan fingerprint density at radius 1 is 0.750 bits per heavy atom. The molecule has 0 spiro atoms. The summed E-state index contributed by atoms with van der Waals surface area (Å²) in [6.45, 7) is 2.01. The van der Waals surface area contributed by atoms with Crippen LogP contribution in [0, 0.1) is 0 Å². The molecule has 0 saturated carbocycles. The molecular formula is C7H2ClF11O. The summed E-state index contributed by atoms with van der Waals surface area (Å²) in [6, 6.07) is 0. The molecule has 1 atom stereocenters. The predicted octanol–water partition coefficient (Wildman–Crippen LogP) is 4.77. The molecule has 0 aliphatic carbocycles. The van der Waals surface area contributed by atoms with Crippen molar-refractivity contribution in [3.63, 3.8) is 0 Å². The van der Waals surface area contributed by atoms with Crippen molar-refractivity contribution in [1.29, 1.82) is 0 Å². The molecule has 0 amide bonds. The van der Waals surface area contributed by atoms with Gasteiger partial charge in [0, 0.05) is 0 Å². The summed E-state index contributed by atoms with van der Waals surface area (Å²) < 4.78 is 136. The predicted molar refractivity (Wildman–Crippen MR) is 41.9 cm³/mol. The van der Waals surface area contributed by atoms with E-state index in [-0.39, 0.29) is 0 Å². The van der Waals surface area contributed by atoms with Gasteiger partial charge in [-0.3, -0.25) is 4.74 Å². The van der Waals surface area contributed by atoms with Crippen molar-refractivity contribution in [3.8, 4) is 0 Å². The van der Waals surface area contributed by atoms with E-state index in [1.54, 1.807) is 0 Å². The molecule has 0 aliphatic rings. The van der Waals surface area contributed by atoms with Gasteiger partial charge < -0.3 is 0 Å². The van der Waals surface area contributed by atoms with E-state index in [4.69, 9.17) is 0 Å². The SMILES string of the molecule is C=C(Cl)[C@](F)(OC(F)(F)C(F)(F)C(F)(F)F)C(F)(F)F. The van der Waals surface area contributed by atoms with Gasteiger partial charge in [0.25, 0.3) is 0 Å². The Hall–Kier alpha value is -0.780. The van der Waals surface area contributed by atoms with Gasteiger partial charge in [0.15, 0.2) is 0 Å². The molecule has 0 aliphatic heterocycles. The Morgan fingerprint density at radius 3 is 1.30 bits per heavy atom. The lowest BCUT2D eigenvalue weighted by Crippen LogP contribution is -2.59. The quantitative estimate of drug-likeness (QED) is 0.666. The minimum absolute atomic E-state index is 2.01. The fourth-order valence-electron chi connectivity index (χ4n) is 0.673. The third-order valence-corrected chi connectivity index (χ3v) is 1.95. The average Bonchev–Trinajstić information content (AvgIpc) is 2.12. The highest BCUT2D eigenvalue weighted by Crippen LogP contribution is 2.52. The lowest BCUT2D eigenvalue weighted by atomic mass is 10.2. The van der Waals surface area contributed by atoms with Crippen LogP contribution in [0.5, 0.6) is 0 Å². The number of hydrogen-bond donors (Lipinski definition) is 0. The Balaban J connectivity index is 5.73. The molecule has 0 bridgehead atoms. The first-order valence-corrected chi connectivity index (χ1v) is 4.41. The van der Waals surface area contributed by atoms with E-state index in [0.29, 0.717) is 0 Å². The van der Waals surface area contributed by atoms with Gasteiger partial charge in [-0.1, -0.05) is 18.2 Å². The summed E-state index contributed by atoms with van der Waals surface area (Å²) in [5, 5.41) is -2.41. The van der Waals surface area contributed by atoms with E-state index in [1.165, 1.54) is 0 Å².